The molecule has 1 aromatic carbocycles. The van der Waals surface area contributed by atoms with Crippen molar-refractivity contribution in [3.8, 4) is 11.1 Å². The van der Waals surface area contributed by atoms with Crippen molar-refractivity contribution in [2.24, 2.45) is 5.92 Å². The van der Waals surface area contributed by atoms with E-state index in [0.717, 1.165) is 17.5 Å². The van der Waals surface area contributed by atoms with E-state index in [0.29, 0.717) is 23.2 Å². The van der Waals surface area contributed by atoms with Gasteiger partial charge in [-0.1, -0.05) is 52.0 Å². The van der Waals surface area contributed by atoms with Crippen LogP contribution in [0.4, 0.5) is 0 Å². The summed E-state index contributed by atoms with van der Waals surface area (Å²) >= 11 is 1.44. The molecule has 0 saturated heterocycles. The molecule has 2 aromatic heterocycles. The van der Waals surface area contributed by atoms with Gasteiger partial charge in [-0.15, -0.1) is 11.3 Å². The molecule has 0 aliphatic rings. The van der Waals surface area contributed by atoms with Crippen molar-refractivity contribution in [2.75, 3.05) is 6.61 Å². The number of benzene rings is 1. The minimum atomic E-state index is -0.668. The largest absolute Gasteiger partial charge is 0.464 e. The average molecular weight is 399 g/mol. The third kappa shape index (κ3) is 4.02. The topological polar surface area (TPSA) is 61.2 Å². The van der Waals surface area contributed by atoms with Crippen molar-refractivity contribution in [3.05, 3.63) is 51.9 Å². The van der Waals surface area contributed by atoms with E-state index >= 15 is 0 Å². The predicted octanol–water partition coefficient (Wildman–Crippen LogP) is 4.84. The standard InChI is InChI=1S/C22H26N2O3S/c1-5-15-7-9-16(10-8-15)17-12-28-20-19(17)21(25)24(13-23-20)18(6-2)22(26)27-11-14(3)4/h7-10,12-14,18H,5-6,11H2,1-4H3/t18-/m0/s1. The lowest BCUT2D eigenvalue weighted by Gasteiger charge is -2.17. The van der Waals surface area contributed by atoms with Crippen molar-refractivity contribution < 1.29 is 9.53 Å². The van der Waals surface area contributed by atoms with E-state index in [-0.39, 0.29) is 17.4 Å². The number of nitrogens with zero attached hydrogens (tertiary/aromatic N) is 2. The van der Waals surface area contributed by atoms with Crippen LogP contribution in [0.1, 0.15) is 45.7 Å². The summed E-state index contributed by atoms with van der Waals surface area (Å²) in [7, 11) is 0. The van der Waals surface area contributed by atoms with Crippen LogP contribution in [0.2, 0.25) is 0 Å². The Morgan fingerprint density at radius 1 is 1.21 bits per heavy atom. The van der Waals surface area contributed by atoms with Gasteiger partial charge >= 0.3 is 5.97 Å². The first-order valence-electron chi connectivity index (χ1n) is 9.70. The van der Waals surface area contributed by atoms with Crippen LogP contribution in [-0.2, 0) is 16.0 Å². The van der Waals surface area contributed by atoms with Crippen molar-refractivity contribution in [2.45, 2.75) is 46.6 Å². The van der Waals surface area contributed by atoms with Crippen LogP contribution < -0.4 is 5.56 Å². The van der Waals surface area contributed by atoms with Gasteiger partial charge in [0.15, 0.2) is 0 Å². The van der Waals surface area contributed by atoms with E-state index in [9.17, 15) is 9.59 Å². The number of ether oxygens (including phenoxy) is 1. The van der Waals surface area contributed by atoms with Gasteiger partial charge in [0.1, 0.15) is 10.9 Å². The van der Waals surface area contributed by atoms with E-state index in [1.54, 1.807) is 0 Å². The number of esters is 1. The van der Waals surface area contributed by atoms with E-state index in [2.05, 4.69) is 24.0 Å². The van der Waals surface area contributed by atoms with Gasteiger partial charge in [-0.2, -0.15) is 0 Å². The summed E-state index contributed by atoms with van der Waals surface area (Å²) in [6.07, 6.45) is 2.90. The third-order valence-corrected chi connectivity index (χ3v) is 5.63. The van der Waals surface area contributed by atoms with Crippen molar-refractivity contribution in [1.82, 2.24) is 9.55 Å². The molecule has 5 nitrogen and oxygen atoms in total. The van der Waals surface area contributed by atoms with Crippen LogP contribution in [0.15, 0.2) is 40.8 Å². The lowest BCUT2D eigenvalue weighted by Crippen LogP contribution is -2.31. The first-order valence-corrected chi connectivity index (χ1v) is 10.6. The van der Waals surface area contributed by atoms with Crippen LogP contribution in [0.3, 0.4) is 0 Å². The molecule has 2 heterocycles. The minimum absolute atomic E-state index is 0.200. The maximum absolute atomic E-state index is 13.3. The Labute approximate surface area is 169 Å². The Kier molecular flexibility index (Phi) is 6.29. The second-order valence-corrected chi connectivity index (χ2v) is 8.14. The molecule has 6 heteroatoms. The maximum atomic E-state index is 13.3. The lowest BCUT2D eigenvalue weighted by atomic mass is 10.0. The molecule has 148 valence electrons. The number of aryl methyl sites for hydroxylation is 1. The molecule has 0 spiro atoms. The first kappa shape index (κ1) is 20.3. The monoisotopic (exact) mass is 398 g/mol. The summed E-state index contributed by atoms with van der Waals surface area (Å²) in [6, 6.07) is 7.55. The van der Waals surface area contributed by atoms with Gasteiger partial charge in [0, 0.05) is 10.9 Å². The summed E-state index contributed by atoms with van der Waals surface area (Å²) < 4.78 is 6.79. The van der Waals surface area contributed by atoms with Gasteiger partial charge in [0.05, 0.1) is 18.3 Å². The first-order chi connectivity index (χ1) is 13.5. The molecule has 3 aromatic rings. The summed E-state index contributed by atoms with van der Waals surface area (Å²) in [5.74, 6) is -0.142. The minimum Gasteiger partial charge on any atom is -0.464 e. The second-order valence-electron chi connectivity index (χ2n) is 7.28. The fraction of sp³-hybridized carbons (Fsp3) is 0.409. The zero-order valence-electron chi connectivity index (χ0n) is 16.8. The molecule has 28 heavy (non-hydrogen) atoms. The van der Waals surface area contributed by atoms with Gasteiger partial charge in [-0.25, -0.2) is 9.78 Å². The molecule has 0 radical (unpaired) electrons. The Balaban J connectivity index is 2.04. The number of carbonyl (C=O) groups excluding carboxylic acids is 1. The zero-order valence-corrected chi connectivity index (χ0v) is 17.6. The SMILES string of the molecule is CCc1ccc(-c2csc3ncn([C@@H](CC)C(=O)OCC(C)C)c(=O)c23)cc1. The summed E-state index contributed by atoms with van der Waals surface area (Å²) in [4.78, 5) is 30.9. The van der Waals surface area contributed by atoms with E-state index in [1.807, 2.05) is 38.3 Å². The number of hydrogen-bond donors (Lipinski definition) is 0. The molecule has 0 aliphatic heterocycles. The molecule has 3 rings (SSSR count). The summed E-state index contributed by atoms with van der Waals surface area (Å²) in [5.41, 5.74) is 2.89. The lowest BCUT2D eigenvalue weighted by molar-refractivity contribution is -0.149. The van der Waals surface area contributed by atoms with E-state index in [1.165, 1.54) is 27.8 Å². The number of carbonyl (C=O) groups is 1. The van der Waals surface area contributed by atoms with Crippen molar-refractivity contribution >= 4 is 27.5 Å². The van der Waals surface area contributed by atoms with Crippen LogP contribution in [0.25, 0.3) is 21.3 Å². The van der Waals surface area contributed by atoms with Gasteiger partial charge in [-0.3, -0.25) is 9.36 Å². The van der Waals surface area contributed by atoms with Crippen LogP contribution in [0.5, 0.6) is 0 Å². The summed E-state index contributed by atoms with van der Waals surface area (Å²) in [5, 5.41) is 2.52. The fourth-order valence-corrected chi connectivity index (χ4v) is 4.03. The van der Waals surface area contributed by atoms with E-state index in [4.69, 9.17) is 4.74 Å². The van der Waals surface area contributed by atoms with Gasteiger partial charge < -0.3 is 4.74 Å². The number of hydrogen-bond acceptors (Lipinski definition) is 5. The molecule has 0 aliphatic carbocycles. The molecule has 0 N–H and O–H groups in total. The molecule has 0 bridgehead atoms. The Morgan fingerprint density at radius 3 is 2.54 bits per heavy atom. The Bertz CT molecular complexity index is 1020. The van der Waals surface area contributed by atoms with Gasteiger partial charge in [0.2, 0.25) is 0 Å². The normalized spacial score (nSPS) is 12.5. The van der Waals surface area contributed by atoms with Crippen LogP contribution >= 0.6 is 11.3 Å². The quantitative estimate of drug-likeness (QED) is 0.535. The fourth-order valence-electron chi connectivity index (χ4n) is 3.12. The van der Waals surface area contributed by atoms with Gasteiger partial charge in [-0.05, 0) is 29.9 Å². The second kappa shape index (κ2) is 8.69. The zero-order chi connectivity index (χ0) is 20.3. The van der Waals surface area contributed by atoms with Crippen molar-refractivity contribution in [3.63, 3.8) is 0 Å². The Morgan fingerprint density at radius 2 is 1.93 bits per heavy atom. The van der Waals surface area contributed by atoms with Crippen molar-refractivity contribution in [1.29, 1.82) is 0 Å². The molecule has 0 saturated carbocycles. The number of rotatable bonds is 7. The Hall–Kier alpha value is -2.47. The molecular formula is C22H26N2O3S. The molecule has 0 amide bonds. The highest BCUT2D eigenvalue weighted by Gasteiger charge is 2.24. The van der Waals surface area contributed by atoms with Crippen LogP contribution in [-0.4, -0.2) is 22.1 Å². The van der Waals surface area contributed by atoms with Gasteiger partial charge in [0.25, 0.3) is 5.56 Å². The molecular weight excluding hydrogens is 372 g/mol. The highest BCUT2D eigenvalue weighted by atomic mass is 32.1. The highest BCUT2D eigenvalue weighted by Crippen LogP contribution is 2.31. The predicted molar refractivity (Wildman–Crippen MR) is 114 cm³/mol. The smallest absolute Gasteiger partial charge is 0.329 e. The average Bonchev–Trinajstić information content (AvgIpc) is 3.13. The maximum Gasteiger partial charge on any atom is 0.329 e. The highest BCUT2D eigenvalue weighted by molar-refractivity contribution is 7.17. The molecule has 0 fully saturated rings. The van der Waals surface area contributed by atoms with Crippen LogP contribution in [0, 0.1) is 5.92 Å². The molecule has 0 unspecified atom stereocenters. The molecule has 1 atom stereocenters. The van der Waals surface area contributed by atoms with E-state index < -0.39 is 6.04 Å². The number of thiophene rings is 1. The number of fused-ring (bicyclic) bond motifs is 1. The third-order valence-electron chi connectivity index (χ3n) is 4.75. The summed E-state index contributed by atoms with van der Waals surface area (Å²) in [6.45, 7) is 8.29. The number of aromatic nitrogens is 2.